The van der Waals surface area contributed by atoms with Crippen molar-refractivity contribution in [2.45, 2.75) is 19.8 Å². The van der Waals surface area contributed by atoms with Crippen molar-refractivity contribution < 1.29 is 9.47 Å². The van der Waals surface area contributed by atoms with E-state index >= 15 is 0 Å². The maximum atomic E-state index is 5.79. The van der Waals surface area contributed by atoms with Crippen LogP contribution in [0.5, 0.6) is 5.75 Å². The predicted octanol–water partition coefficient (Wildman–Crippen LogP) is 1.91. The van der Waals surface area contributed by atoms with E-state index in [1.165, 1.54) is 11.1 Å². The minimum Gasteiger partial charge on any atom is -0.493 e. The molecule has 0 aliphatic heterocycles. The van der Waals surface area contributed by atoms with Gasteiger partial charge in [-0.05, 0) is 31.0 Å². The molecule has 0 amide bonds. The van der Waals surface area contributed by atoms with Crippen LogP contribution in [0.3, 0.4) is 0 Å². The molecule has 0 heterocycles. The lowest BCUT2D eigenvalue weighted by atomic mass is 10.1. The van der Waals surface area contributed by atoms with Gasteiger partial charge in [-0.3, -0.25) is 0 Å². The van der Waals surface area contributed by atoms with E-state index in [1.807, 2.05) is 6.07 Å². The minimum absolute atomic E-state index is 0.651. The van der Waals surface area contributed by atoms with E-state index in [-0.39, 0.29) is 0 Å². The molecule has 3 nitrogen and oxygen atoms in total. The number of aryl methyl sites for hydroxylation is 1. The summed E-state index contributed by atoms with van der Waals surface area (Å²) in [6, 6.07) is 6.18. The Kier molecular flexibility index (Phi) is 5.90. The first-order valence-electron chi connectivity index (χ1n) is 5.70. The zero-order valence-electron chi connectivity index (χ0n) is 10.2. The van der Waals surface area contributed by atoms with Crippen molar-refractivity contribution in [1.29, 1.82) is 0 Å². The third-order valence-corrected chi connectivity index (χ3v) is 2.45. The van der Waals surface area contributed by atoms with Gasteiger partial charge in [0.25, 0.3) is 0 Å². The smallest absolute Gasteiger partial charge is 0.125 e. The molecule has 1 rings (SSSR count). The maximum Gasteiger partial charge on any atom is 0.125 e. The first kappa shape index (κ1) is 13.0. The van der Waals surface area contributed by atoms with Crippen LogP contribution in [-0.4, -0.2) is 26.9 Å². The highest BCUT2D eigenvalue weighted by Gasteiger charge is 2.05. The molecule has 0 spiro atoms. The molecule has 3 heteroatoms. The summed E-state index contributed by atoms with van der Waals surface area (Å²) in [6.45, 7) is 4.14. The fraction of sp³-hybridized carbons (Fsp3) is 0.538. The van der Waals surface area contributed by atoms with Crippen LogP contribution in [0.15, 0.2) is 18.2 Å². The molecule has 0 aromatic heterocycles. The van der Waals surface area contributed by atoms with Gasteiger partial charge in [0, 0.05) is 20.1 Å². The molecule has 0 aliphatic carbocycles. The van der Waals surface area contributed by atoms with Crippen LogP contribution in [0.2, 0.25) is 0 Å². The van der Waals surface area contributed by atoms with Crippen LogP contribution in [-0.2, 0) is 11.2 Å². The van der Waals surface area contributed by atoms with Crippen LogP contribution < -0.4 is 10.5 Å². The van der Waals surface area contributed by atoms with Gasteiger partial charge in [0.2, 0.25) is 0 Å². The van der Waals surface area contributed by atoms with Crippen molar-refractivity contribution in [2.75, 3.05) is 26.9 Å². The van der Waals surface area contributed by atoms with E-state index in [2.05, 4.69) is 19.1 Å². The molecule has 1 aromatic carbocycles. The van der Waals surface area contributed by atoms with Crippen molar-refractivity contribution in [3.63, 3.8) is 0 Å². The first-order valence-corrected chi connectivity index (χ1v) is 5.70. The number of para-hydroxylation sites is 1. The summed E-state index contributed by atoms with van der Waals surface area (Å²) in [5.41, 5.74) is 7.94. The Balaban J connectivity index is 2.61. The van der Waals surface area contributed by atoms with E-state index in [1.54, 1.807) is 7.11 Å². The Morgan fingerprint density at radius 3 is 2.75 bits per heavy atom. The summed E-state index contributed by atoms with van der Waals surface area (Å²) in [6.07, 6.45) is 1.77. The molecular weight excluding hydrogens is 202 g/mol. The highest BCUT2D eigenvalue weighted by Crippen LogP contribution is 2.23. The average molecular weight is 223 g/mol. The molecule has 0 saturated heterocycles. The van der Waals surface area contributed by atoms with Crippen molar-refractivity contribution in [3.05, 3.63) is 29.3 Å². The standard InChI is InChI=1S/C13H21NO2/c1-11-5-3-6-12(7-8-14)13(11)16-10-4-9-15-2/h3,5-6H,4,7-10,14H2,1-2H3. The Labute approximate surface area is 97.6 Å². The van der Waals surface area contributed by atoms with Gasteiger partial charge in [0.1, 0.15) is 5.75 Å². The lowest BCUT2D eigenvalue weighted by Crippen LogP contribution is -2.08. The molecule has 90 valence electrons. The molecule has 0 saturated carbocycles. The van der Waals surface area contributed by atoms with Crippen LogP contribution in [0.4, 0.5) is 0 Å². The van der Waals surface area contributed by atoms with E-state index in [4.69, 9.17) is 15.2 Å². The van der Waals surface area contributed by atoms with Gasteiger partial charge in [0.15, 0.2) is 0 Å². The van der Waals surface area contributed by atoms with E-state index in [0.29, 0.717) is 13.2 Å². The summed E-state index contributed by atoms with van der Waals surface area (Å²) >= 11 is 0. The number of methoxy groups -OCH3 is 1. The zero-order valence-corrected chi connectivity index (χ0v) is 10.2. The summed E-state index contributed by atoms with van der Waals surface area (Å²) in [5.74, 6) is 0.990. The van der Waals surface area contributed by atoms with Crippen LogP contribution in [0.1, 0.15) is 17.5 Å². The predicted molar refractivity (Wildman–Crippen MR) is 65.9 cm³/mol. The molecule has 1 aromatic rings. The molecular formula is C13H21NO2. The third kappa shape index (κ3) is 3.83. The number of ether oxygens (including phenoxy) is 2. The van der Waals surface area contributed by atoms with Crippen molar-refractivity contribution in [3.8, 4) is 5.75 Å². The quantitative estimate of drug-likeness (QED) is 0.718. The normalized spacial score (nSPS) is 10.4. The third-order valence-electron chi connectivity index (χ3n) is 2.45. The van der Waals surface area contributed by atoms with E-state index in [9.17, 15) is 0 Å². The fourth-order valence-corrected chi connectivity index (χ4v) is 1.65. The fourth-order valence-electron chi connectivity index (χ4n) is 1.65. The molecule has 2 N–H and O–H groups in total. The minimum atomic E-state index is 0.651. The van der Waals surface area contributed by atoms with Gasteiger partial charge >= 0.3 is 0 Å². The summed E-state index contributed by atoms with van der Waals surface area (Å²) in [4.78, 5) is 0. The Bertz CT molecular complexity index is 313. The van der Waals surface area contributed by atoms with Crippen LogP contribution in [0, 0.1) is 6.92 Å². The molecule has 0 fully saturated rings. The molecule has 0 radical (unpaired) electrons. The second-order valence-electron chi connectivity index (χ2n) is 3.80. The molecule has 0 atom stereocenters. The number of benzene rings is 1. The van der Waals surface area contributed by atoms with Crippen LogP contribution >= 0.6 is 0 Å². The van der Waals surface area contributed by atoms with Crippen molar-refractivity contribution in [2.24, 2.45) is 5.73 Å². The average Bonchev–Trinajstić information content (AvgIpc) is 2.28. The number of hydrogen-bond acceptors (Lipinski definition) is 3. The van der Waals surface area contributed by atoms with E-state index in [0.717, 1.165) is 25.2 Å². The summed E-state index contributed by atoms with van der Waals surface area (Å²) in [7, 11) is 1.70. The zero-order chi connectivity index (χ0) is 11.8. The lowest BCUT2D eigenvalue weighted by molar-refractivity contribution is 0.171. The second kappa shape index (κ2) is 7.25. The topological polar surface area (TPSA) is 44.5 Å². The SMILES string of the molecule is COCCCOc1c(C)cccc1CCN. The van der Waals surface area contributed by atoms with Gasteiger partial charge in [-0.2, -0.15) is 0 Å². The highest BCUT2D eigenvalue weighted by molar-refractivity contribution is 5.40. The largest absolute Gasteiger partial charge is 0.493 e. The van der Waals surface area contributed by atoms with E-state index < -0.39 is 0 Å². The van der Waals surface area contributed by atoms with Crippen LogP contribution in [0.25, 0.3) is 0 Å². The summed E-state index contributed by atoms with van der Waals surface area (Å²) in [5, 5.41) is 0. The molecule has 0 unspecified atom stereocenters. The maximum absolute atomic E-state index is 5.79. The van der Waals surface area contributed by atoms with Crippen molar-refractivity contribution >= 4 is 0 Å². The molecule has 0 aliphatic rings. The number of nitrogens with two attached hydrogens (primary N) is 1. The monoisotopic (exact) mass is 223 g/mol. The first-order chi connectivity index (χ1) is 7.79. The highest BCUT2D eigenvalue weighted by atomic mass is 16.5. The van der Waals surface area contributed by atoms with Gasteiger partial charge in [-0.15, -0.1) is 0 Å². The van der Waals surface area contributed by atoms with Gasteiger partial charge < -0.3 is 15.2 Å². The lowest BCUT2D eigenvalue weighted by Gasteiger charge is -2.13. The second-order valence-corrected chi connectivity index (χ2v) is 3.80. The molecule has 16 heavy (non-hydrogen) atoms. The van der Waals surface area contributed by atoms with Crippen molar-refractivity contribution in [1.82, 2.24) is 0 Å². The Morgan fingerprint density at radius 1 is 1.25 bits per heavy atom. The number of hydrogen-bond donors (Lipinski definition) is 1. The van der Waals surface area contributed by atoms with Gasteiger partial charge in [0.05, 0.1) is 6.61 Å². The molecule has 0 bridgehead atoms. The number of rotatable bonds is 7. The Morgan fingerprint density at radius 2 is 2.06 bits per heavy atom. The van der Waals surface area contributed by atoms with Gasteiger partial charge in [-0.25, -0.2) is 0 Å². The Hall–Kier alpha value is -1.06. The summed E-state index contributed by atoms with van der Waals surface area (Å²) < 4.78 is 10.8. The van der Waals surface area contributed by atoms with Gasteiger partial charge in [-0.1, -0.05) is 18.2 Å².